The van der Waals surface area contributed by atoms with Crippen molar-refractivity contribution < 1.29 is 14.3 Å². The highest BCUT2D eigenvalue weighted by Gasteiger charge is 2.33. The van der Waals surface area contributed by atoms with Gasteiger partial charge in [-0.3, -0.25) is 9.59 Å². The second kappa shape index (κ2) is 4.25. The molecular weight excluding hydrogens is 335 g/mol. The van der Waals surface area contributed by atoms with Gasteiger partial charge >= 0.3 is 0 Å². The Labute approximate surface area is 110 Å². The van der Waals surface area contributed by atoms with Gasteiger partial charge < -0.3 is 4.74 Å². The van der Waals surface area contributed by atoms with Crippen molar-refractivity contribution in [2.24, 2.45) is 0 Å². The second-order valence-corrected chi connectivity index (χ2v) is 4.29. The maximum Gasteiger partial charge on any atom is 0.231 e. The van der Waals surface area contributed by atoms with Crippen molar-refractivity contribution in [1.29, 1.82) is 5.26 Å². The molecule has 0 radical (unpaired) electrons. The molecule has 0 amide bonds. The SMILES string of the molecule is COC1=C(I)C(=O)c2nc(C#N)ccc2C1=O. The summed E-state index contributed by atoms with van der Waals surface area (Å²) in [5, 5.41) is 8.71. The Morgan fingerprint density at radius 3 is 2.65 bits per heavy atom. The Hall–Kier alpha value is -1.75. The fourth-order valence-electron chi connectivity index (χ4n) is 1.49. The zero-order valence-electron chi connectivity index (χ0n) is 8.65. The number of nitriles is 1. The number of halogens is 1. The normalized spacial score (nSPS) is 14.4. The Morgan fingerprint density at radius 1 is 1.35 bits per heavy atom. The number of rotatable bonds is 1. The Balaban J connectivity index is 2.69. The van der Waals surface area contributed by atoms with Gasteiger partial charge in [-0.25, -0.2) is 4.98 Å². The average molecular weight is 340 g/mol. The van der Waals surface area contributed by atoms with Crippen LogP contribution in [-0.2, 0) is 4.74 Å². The van der Waals surface area contributed by atoms with Gasteiger partial charge in [0, 0.05) is 0 Å². The molecule has 5 nitrogen and oxygen atoms in total. The predicted octanol–water partition coefficient (Wildman–Crippen LogP) is 1.63. The first-order chi connectivity index (χ1) is 8.10. The van der Waals surface area contributed by atoms with E-state index in [4.69, 9.17) is 10.00 Å². The van der Waals surface area contributed by atoms with Crippen LogP contribution in [0.15, 0.2) is 21.5 Å². The Kier molecular flexibility index (Phi) is 2.93. The third-order valence-electron chi connectivity index (χ3n) is 2.28. The number of carbonyl (C=O) groups excluding carboxylic acids is 2. The summed E-state index contributed by atoms with van der Waals surface area (Å²) in [5.74, 6) is -0.757. The molecule has 2 rings (SSSR count). The van der Waals surface area contributed by atoms with Crippen LogP contribution in [-0.4, -0.2) is 23.7 Å². The Morgan fingerprint density at radius 2 is 2.06 bits per heavy atom. The van der Waals surface area contributed by atoms with Crippen LogP contribution in [0.25, 0.3) is 0 Å². The van der Waals surface area contributed by atoms with Crippen LogP contribution in [0.1, 0.15) is 26.5 Å². The fourth-order valence-corrected chi connectivity index (χ4v) is 2.21. The molecular formula is C11H5IN2O3. The smallest absolute Gasteiger partial charge is 0.231 e. The molecule has 0 saturated carbocycles. The van der Waals surface area contributed by atoms with Crippen molar-refractivity contribution in [2.75, 3.05) is 7.11 Å². The molecule has 84 valence electrons. The molecule has 6 heteroatoms. The number of nitrogens with zero attached hydrogens (tertiary/aromatic N) is 2. The molecule has 0 aliphatic heterocycles. The lowest BCUT2D eigenvalue weighted by Crippen LogP contribution is -2.22. The molecule has 0 fully saturated rings. The van der Waals surface area contributed by atoms with Crippen molar-refractivity contribution in [3.8, 4) is 6.07 Å². The highest BCUT2D eigenvalue weighted by Crippen LogP contribution is 2.29. The van der Waals surface area contributed by atoms with Gasteiger partial charge in [-0.2, -0.15) is 5.26 Å². The van der Waals surface area contributed by atoms with Gasteiger partial charge in [0.05, 0.1) is 12.7 Å². The van der Waals surface area contributed by atoms with E-state index in [-0.39, 0.29) is 32.1 Å². The van der Waals surface area contributed by atoms with Crippen LogP contribution in [0, 0.1) is 11.3 Å². The number of methoxy groups -OCH3 is 1. The van der Waals surface area contributed by atoms with Gasteiger partial charge in [-0.1, -0.05) is 0 Å². The Bertz CT molecular complexity index is 614. The quantitative estimate of drug-likeness (QED) is 0.726. The number of hydrogen-bond donors (Lipinski definition) is 0. The number of hydrogen-bond acceptors (Lipinski definition) is 5. The highest BCUT2D eigenvalue weighted by molar-refractivity contribution is 14.1. The largest absolute Gasteiger partial charge is 0.492 e. The van der Waals surface area contributed by atoms with Gasteiger partial charge in [0.15, 0.2) is 5.76 Å². The van der Waals surface area contributed by atoms with Crippen LogP contribution in [0.3, 0.4) is 0 Å². The van der Waals surface area contributed by atoms with E-state index in [0.29, 0.717) is 0 Å². The molecule has 0 N–H and O–H groups in total. The molecule has 17 heavy (non-hydrogen) atoms. The number of allylic oxidation sites excluding steroid dienone is 2. The van der Waals surface area contributed by atoms with Gasteiger partial charge in [-0.05, 0) is 34.7 Å². The minimum atomic E-state index is -0.394. The van der Waals surface area contributed by atoms with E-state index >= 15 is 0 Å². The predicted molar refractivity (Wildman–Crippen MR) is 65.7 cm³/mol. The first-order valence-electron chi connectivity index (χ1n) is 4.54. The molecule has 1 heterocycles. The molecule has 0 unspecified atom stereocenters. The van der Waals surface area contributed by atoms with Crippen LogP contribution >= 0.6 is 22.6 Å². The number of carbonyl (C=O) groups is 2. The molecule has 0 aromatic carbocycles. The zero-order chi connectivity index (χ0) is 12.6. The lowest BCUT2D eigenvalue weighted by atomic mass is 9.98. The standard InChI is InChI=1S/C11H5IN2O3/c1-17-11-7(12)10(16)8-6(9(11)15)3-2-5(4-13)14-8/h2-3H,1H3. The lowest BCUT2D eigenvalue weighted by molar-refractivity contribution is 0.0912. The average Bonchev–Trinajstić information content (AvgIpc) is 2.36. The minimum Gasteiger partial charge on any atom is -0.492 e. The summed E-state index contributed by atoms with van der Waals surface area (Å²) in [5.41, 5.74) is 0.292. The summed E-state index contributed by atoms with van der Waals surface area (Å²) in [6.45, 7) is 0. The monoisotopic (exact) mass is 340 g/mol. The number of fused-ring (bicyclic) bond motifs is 1. The van der Waals surface area contributed by atoms with E-state index in [1.165, 1.54) is 19.2 Å². The number of ether oxygens (including phenoxy) is 1. The molecule has 0 atom stereocenters. The van der Waals surface area contributed by atoms with Crippen molar-refractivity contribution in [1.82, 2.24) is 4.98 Å². The van der Waals surface area contributed by atoms with E-state index in [1.807, 2.05) is 6.07 Å². The van der Waals surface area contributed by atoms with E-state index in [9.17, 15) is 9.59 Å². The maximum absolute atomic E-state index is 11.9. The van der Waals surface area contributed by atoms with Crippen LogP contribution in [0.4, 0.5) is 0 Å². The van der Waals surface area contributed by atoms with E-state index in [1.54, 1.807) is 22.6 Å². The van der Waals surface area contributed by atoms with Gasteiger partial charge in [-0.15, -0.1) is 0 Å². The van der Waals surface area contributed by atoms with Crippen molar-refractivity contribution in [3.63, 3.8) is 0 Å². The van der Waals surface area contributed by atoms with Crippen molar-refractivity contribution in [2.45, 2.75) is 0 Å². The number of pyridine rings is 1. The van der Waals surface area contributed by atoms with Crippen molar-refractivity contribution >= 4 is 34.2 Å². The first-order valence-corrected chi connectivity index (χ1v) is 5.62. The molecule has 1 aliphatic rings. The molecule has 0 spiro atoms. The second-order valence-electron chi connectivity index (χ2n) is 3.21. The zero-order valence-corrected chi connectivity index (χ0v) is 10.8. The number of Topliss-reactive ketones (excluding diaryl/α,β-unsaturated/α-hetero) is 2. The lowest BCUT2D eigenvalue weighted by Gasteiger charge is -2.15. The molecule has 0 saturated heterocycles. The van der Waals surface area contributed by atoms with E-state index in [2.05, 4.69) is 4.98 Å². The van der Waals surface area contributed by atoms with Crippen LogP contribution in [0.2, 0.25) is 0 Å². The summed E-state index contributed by atoms with van der Waals surface area (Å²) in [4.78, 5) is 27.7. The van der Waals surface area contributed by atoms with E-state index < -0.39 is 5.78 Å². The third-order valence-corrected chi connectivity index (χ3v) is 3.26. The molecule has 1 aromatic heterocycles. The summed E-state index contributed by atoms with van der Waals surface area (Å²) in [6.07, 6.45) is 0. The van der Waals surface area contributed by atoms with Gasteiger partial charge in [0.25, 0.3) is 0 Å². The number of ketones is 2. The van der Waals surface area contributed by atoms with Gasteiger partial charge in [0.1, 0.15) is 21.0 Å². The minimum absolute atomic E-state index is 0.0132. The fraction of sp³-hybridized carbons (Fsp3) is 0.0909. The molecule has 1 aromatic rings. The van der Waals surface area contributed by atoms with Crippen LogP contribution < -0.4 is 0 Å². The molecule has 1 aliphatic carbocycles. The van der Waals surface area contributed by atoms with E-state index in [0.717, 1.165) is 0 Å². The first kappa shape index (κ1) is 11.7. The van der Waals surface area contributed by atoms with Gasteiger partial charge in [0.2, 0.25) is 11.6 Å². The summed E-state index contributed by atoms with van der Waals surface area (Å²) in [7, 11) is 1.33. The van der Waals surface area contributed by atoms with Crippen LogP contribution in [0.5, 0.6) is 0 Å². The maximum atomic E-state index is 11.9. The third kappa shape index (κ3) is 1.72. The topological polar surface area (TPSA) is 80.0 Å². The highest BCUT2D eigenvalue weighted by atomic mass is 127. The summed E-state index contributed by atoms with van der Waals surface area (Å²) < 4.78 is 5.09. The summed E-state index contributed by atoms with van der Waals surface area (Å²) >= 11 is 1.74. The van der Waals surface area contributed by atoms with Crippen molar-refractivity contribution in [3.05, 3.63) is 38.4 Å². The summed E-state index contributed by atoms with van der Waals surface area (Å²) in [6, 6.07) is 4.65. The molecule has 0 bridgehead atoms. The number of aromatic nitrogens is 1.